The zero-order chi connectivity index (χ0) is 9.97. The molecule has 3 heteroatoms. The molecule has 4 atom stereocenters. The van der Waals surface area contributed by atoms with Crippen molar-refractivity contribution in [3.63, 3.8) is 0 Å². The van der Waals surface area contributed by atoms with Gasteiger partial charge in [0.2, 0.25) is 0 Å². The van der Waals surface area contributed by atoms with E-state index in [2.05, 4.69) is 6.58 Å². The maximum Gasteiger partial charge on any atom is 0.0874 e. The standard InChI is InChI=1S/C11H18O3/c1-2-4-9-8(12)7-11-10(14-9)5-3-6-13-11/h2,8-12H,1,3-7H2/t8-,9-,10-,11+/m0/s1. The molecule has 2 aliphatic heterocycles. The van der Waals surface area contributed by atoms with Crippen LogP contribution in [0.25, 0.3) is 0 Å². The van der Waals surface area contributed by atoms with E-state index in [1.54, 1.807) is 6.08 Å². The fourth-order valence-electron chi connectivity index (χ4n) is 2.27. The van der Waals surface area contributed by atoms with Gasteiger partial charge in [0.25, 0.3) is 0 Å². The molecule has 0 spiro atoms. The molecule has 0 radical (unpaired) electrons. The van der Waals surface area contributed by atoms with Gasteiger partial charge in [-0.1, -0.05) is 6.08 Å². The first-order chi connectivity index (χ1) is 6.81. The predicted octanol–water partition coefficient (Wildman–Crippen LogP) is 1.26. The third kappa shape index (κ3) is 2.00. The average molecular weight is 198 g/mol. The highest BCUT2D eigenvalue weighted by Gasteiger charge is 2.38. The van der Waals surface area contributed by atoms with Crippen molar-refractivity contribution in [2.45, 2.75) is 50.1 Å². The van der Waals surface area contributed by atoms with E-state index in [0.29, 0.717) is 6.42 Å². The van der Waals surface area contributed by atoms with Crippen LogP contribution >= 0.6 is 0 Å². The molecule has 3 nitrogen and oxygen atoms in total. The highest BCUT2D eigenvalue weighted by Crippen LogP contribution is 2.30. The minimum atomic E-state index is -0.396. The van der Waals surface area contributed by atoms with Crippen LogP contribution in [0.15, 0.2) is 12.7 Å². The first-order valence-electron chi connectivity index (χ1n) is 5.37. The molecule has 0 aromatic carbocycles. The second kappa shape index (κ2) is 4.43. The number of hydrogen-bond acceptors (Lipinski definition) is 3. The summed E-state index contributed by atoms with van der Waals surface area (Å²) in [5.41, 5.74) is 0. The maximum absolute atomic E-state index is 9.79. The zero-order valence-corrected chi connectivity index (χ0v) is 8.39. The second-order valence-electron chi connectivity index (χ2n) is 4.09. The smallest absolute Gasteiger partial charge is 0.0874 e. The SMILES string of the molecule is C=CC[C@@H]1O[C@H]2CCCO[C@@H]2C[C@@H]1O. The van der Waals surface area contributed by atoms with Crippen molar-refractivity contribution in [2.75, 3.05) is 6.61 Å². The molecule has 80 valence electrons. The molecule has 0 aliphatic carbocycles. The number of aliphatic hydroxyl groups is 1. The van der Waals surface area contributed by atoms with E-state index in [-0.39, 0.29) is 18.3 Å². The third-order valence-electron chi connectivity index (χ3n) is 3.03. The van der Waals surface area contributed by atoms with Crippen LogP contribution in [0.1, 0.15) is 25.7 Å². The Bertz CT molecular complexity index is 205. The van der Waals surface area contributed by atoms with Crippen LogP contribution in [-0.2, 0) is 9.47 Å². The van der Waals surface area contributed by atoms with Gasteiger partial charge in [-0.25, -0.2) is 0 Å². The van der Waals surface area contributed by atoms with Crippen molar-refractivity contribution in [2.24, 2.45) is 0 Å². The number of hydrogen-bond donors (Lipinski definition) is 1. The molecule has 0 bridgehead atoms. The molecule has 2 saturated heterocycles. The van der Waals surface area contributed by atoms with Crippen molar-refractivity contribution in [3.05, 3.63) is 12.7 Å². The Kier molecular flexibility index (Phi) is 3.21. The maximum atomic E-state index is 9.79. The molecule has 0 amide bonds. The van der Waals surface area contributed by atoms with Gasteiger partial charge in [0, 0.05) is 13.0 Å². The van der Waals surface area contributed by atoms with E-state index < -0.39 is 6.10 Å². The average Bonchev–Trinajstić information content (AvgIpc) is 2.19. The van der Waals surface area contributed by atoms with Gasteiger partial charge in [-0.3, -0.25) is 0 Å². The number of aliphatic hydroxyl groups excluding tert-OH is 1. The monoisotopic (exact) mass is 198 g/mol. The minimum Gasteiger partial charge on any atom is -0.390 e. The van der Waals surface area contributed by atoms with Crippen LogP contribution in [-0.4, -0.2) is 36.1 Å². The quantitative estimate of drug-likeness (QED) is 0.679. The zero-order valence-electron chi connectivity index (χ0n) is 8.39. The molecule has 0 saturated carbocycles. The highest BCUT2D eigenvalue weighted by atomic mass is 16.6. The van der Waals surface area contributed by atoms with Crippen LogP contribution in [0.2, 0.25) is 0 Å². The Hall–Kier alpha value is -0.380. The normalized spacial score (nSPS) is 42.9. The van der Waals surface area contributed by atoms with Crippen molar-refractivity contribution < 1.29 is 14.6 Å². The lowest BCUT2D eigenvalue weighted by atomic mass is 9.92. The molecule has 2 fully saturated rings. The van der Waals surface area contributed by atoms with Crippen LogP contribution in [0.3, 0.4) is 0 Å². The fraction of sp³-hybridized carbons (Fsp3) is 0.818. The van der Waals surface area contributed by atoms with Gasteiger partial charge >= 0.3 is 0 Å². The van der Waals surface area contributed by atoms with Gasteiger partial charge in [0.15, 0.2) is 0 Å². The molecule has 0 aromatic heterocycles. The summed E-state index contributed by atoms with van der Waals surface area (Å²) in [4.78, 5) is 0. The Labute approximate surface area is 84.7 Å². The molecule has 2 rings (SSSR count). The van der Waals surface area contributed by atoms with Gasteiger partial charge in [0.05, 0.1) is 24.4 Å². The van der Waals surface area contributed by atoms with Crippen molar-refractivity contribution in [1.82, 2.24) is 0 Å². The van der Waals surface area contributed by atoms with Crippen molar-refractivity contribution in [3.8, 4) is 0 Å². The summed E-state index contributed by atoms with van der Waals surface area (Å²) in [6, 6.07) is 0. The molecule has 1 N–H and O–H groups in total. The van der Waals surface area contributed by atoms with Crippen molar-refractivity contribution in [1.29, 1.82) is 0 Å². The van der Waals surface area contributed by atoms with Gasteiger partial charge < -0.3 is 14.6 Å². The summed E-state index contributed by atoms with van der Waals surface area (Å²) >= 11 is 0. The van der Waals surface area contributed by atoms with E-state index in [1.165, 1.54) is 0 Å². The lowest BCUT2D eigenvalue weighted by Crippen LogP contribution is -2.49. The molecular formula is C11H18O3. The van der Waals surface area contributed by atoms with E-state index in [0.717, 1.165) is 25.9 Å². The summed E-state index contributed by atoms with van der Waals surface area (Å²) in [5.74, 6) is 0. The second-order valence-corrected chi connectivity index (χ2v) is 4.09. The van der Waals surface area contributed by atoms with E-state index in [4.69, 9.17) is 9.47 Å². The first-order valence-corrected chi connectivity index (χ1v) is 5.37. The molecule has 2 heterocycles. The fourth-order valence-corrected chi connectivity index (χ4v) is 2.27. The summed E-state index contributed by atoms with van der Waals surface area (Å²) in [6.07, 6.45) is 5.20. The molecular weight excluding hydrogens is 180 g/mol. The highest BCUT2D eigenvalue weighted by molar-refractivity contribution is 4.90. The Morgan fingerprint density at radius 3 is 3.07 bits per heavy atom. The Morgan fingerprint density at radius 2 is 2.29 bits per heavy atom. The van der Waals surface area contributed by atoms with Crippen LogP contribution in [0, 0.1) is 0 Å². The molecule has 0 unspecified atom stereocenters. The van der Waals surface area contributed by atoms with Gasteiger partial charge in [-0.15, -0.1) is 6.58 Å². The van der Waals surface area contributed by atoms with Gasteiger partial charge in [-0.05, 0) is 19.3 Å². The van der Waals surface area contributed by atoms with E-state index in [9.17, 15) is 5.11 Å². The lowest BCUT2D eigenvalue weighted by molar-refractivity contribution is -0.200. The Balaban J connectivity index is 1.95. The largest absolute Gasteiger partial charge is 0.390 e. The molecule has 0 aromatic rings. The van der Waals surface area contributed by atoms with E-state index in [1.807, 2.05) is 0 Å². The third-order valence-corrected chi connectivity index (χ3v) is 3.03. The van der Waals surface area contributed by atoms with Gasteiger partial charge in [-0.2, -0.15) is 0 Å². The lowest BCUT2D eigenvalue weighted by Gasteiger charge is -2.41. The molecule has 14 heavy (non-hydrogen) atoms. The van der Waals surface area contributed by atoms with Crippen LogP contribution < -0.4 is 0 Å². The van der Waals surface area contributed by atoms with Crippen LogP contribution in [0.4, 0.5) is 0 Å². The molecule has 2 aliphatic rings. The van der Waals surface area contributed by atoms with E-state index >= 15 is 0 Å². The summed E-state index contributed by atoms with van der Waals surface area (Å²) in [6.45, 7) is 4.48. The van der Waals surface area contributed by atoms with Crippen LogP contribution in [0.5, 0.6) is 0 Å². The number of fused-ring (bicyclic) bond motifs is 1. The predicted molar refractivity (Wildman–Crippen MR) is 53.1 cm³/mol. The summed E-state index contributed by atoms with van der Waals surface area (Å²) < 4.78 is 11.4. The first kappa shape index (κ1) is 10.1. The minimum absolute atomic E-state index is 0.0737. The summed E-state index contributed by atoms with van der Waals surface area (Å²) in [7, 11) is 0. The van der Waals surface area contributed by atoms with Gasteiger partial charge in [0.1, 0.15) is 0 Å². The summed E-state index contributed by atoms with van der Waals surface area (Å²) in [5, 5.41) is 9.79. The van der Waals surface area contributed by atoms with Crippen molar-refractivity contribution >= 4 is 0 Å². The number of ether oxygens (including phenoxy) is 2. The topological polar surface area (TPSA) is 38.7 Å². The number of rotatable bonds is 2. The Morgan fingerprint density at radius 1 is 1.43 bits per heavy atom.